The van der Waals surface area contributed by atoms with Crippen molar-refractivity contribution in [2.75, 3.05) is 44.7 Å². The maximum atomic E-state index is 11.1. The van der Waals surface area contributed by atoms with E-state index in [-0.39, 0.29) is 12.2 Å². The predicted molar refractivity (Wildman–Crippen MR) is 75.9 cm³/mol. The van der Waals surface area contributed by atoms with Gasteiger partial charge in [0, 0.05) is 38.3 Å². The number of nitro benzene ring substituents is 1. The van der Waals surface area contributed by atoms with Gasteiger partial charge in [0.25, 0.3) is 5.69 Å². The van der Waals surface area contributed by atoms with Crippen molar-refractivity contribution in [2.45, 2.75) is 0 Å². The molecule has 0 aromatic heterocycles. The molecule has 1 fully saturated rings. The quantitative estimate of drug-likeness (QED) is 0.634. The van der Waals surface area contributed by atoms with Crippen LogP contribution in [0.1, 0.15) is 0 Å². The highest BCUT2D eigenvalue weighted by atomic mass is 16.6. The number of hydrogen-bond donors (Lipinski definition) is 1. The fourth-order valence-electron chi connectivity index (χ4n) is 2.38. The van der Waals surface area contributed by atoms with E-state index >= 15 is 0 Å². The second-order valence-corrected chi connectivity index (χ2v) is 4.77. The van der Waals surface area contributed by atoms with E-state index in [0.717, 1.165) is 0 Å². The van der Waals surface area contributed by atoms with Crippen LogP contribution >= 0.6 is 0 Å². The number of carbonyl (C=O) groups is 1. The van der Waals surface area contributed by atoms with Crippen LogP contribution in [0.5, 0.6) is 5.75 Å². The van der Waals surface area contributed by atoms with Gasteiger partial charge in [-0.25, -0.2) is 0 Å². The van der Waals surface area contributed by atoms with Crippen LogP contribution in [0.4, 0.5) is 11.4 Å². The Balaban J connectivity index is 2.15. The summed E-state index contributed by atoms with van der Waals surface area (Å²) in [6, 6.07) is 4.63. The summed E-state index contributed by atoms with van der Waals surface area (Å²) in [7, 11) is 1.51. The lowest BCUT2D eigenvalue weighted by Gasteiger charge is -2.35. The molecule has 8 heteroatoms. The molecule has 1 heterocycles. The maximum Gasteiger partial charge on any atom is 0.317 e. The van der Waals surface area contributed by atoms with E-state index in [4.69, 9.17) is 9.84 Å². The number of nitro groups is 1. The van der Waals surface area contributed by atoms with Crippen LogP contribution in [0.15, 0.2) is 18.2 Å². The number of aliphatic carboxylic acids is 1. The average molecular weight is 295 g/mol. The summed E-state index contributed by atoms with van der Waals surface area (Å²) in [5.74, 6) is -0.306. The first-order chi connectivity index (χ1) is 10.0. The minimum absolute atomic E-state index is 0.00591. The van der Waals surface area contributed by atoms with Crippen molar-refractivity contribution in [1.29, 1.82) is 0 Å². The molecule has 0 unspecified atom stereocenters. The molecule has 1 aromatic carbocycles. The van der Waals surface area contributed by atoms with Crippen molar-refractivity contribution in [3.05, 3.63) is 28.3 Å². The van der Waals surface area contributed by atoms with Crippen molar-refractivity contribution in [3.63, 3.8) is 0 Å². The molecule has 0 aliphatic carbocycles. The first-order valence-corrected chi connectivity index (χ1v) is 6.53. The van der Waals surface area contributed by atoms with E-state index < -0.39 is 10.9 Å². The Morgan fingerprint density at radius 2 is 2.05 bits per heavy atom. The molecule has 2 rings (SSSR count). The highest BCUT2D eigenvalue weighted by molar-refractivity contribution is 5.69. The molecule has 1 aliphatic rings. The van der Waals surface area contributed by atoms with Gasteiger partial charge in [0.05, 0.1) is 18.6 Å². The Labute approximate surface area is 121 Å². The lowest BCUT2D eigenvalue weighted by Crippen LogP contribution is -2.48. The number of carboxylic acid groups (broad SMARTS) is 1. The van der Waals surface area contributed by atoms with E-state index in [0.29, 0.717) is 37.6 Å². The van der Waals surface area contributed by atoms with Gasteiger partial charge >= 0.3 is 5.97 Å². The molecular weight excluding hydrogens is 278 g/mol. The van der Waals surface area contributed by atoms with Gasteiger partial charge in [0.2, 0.25) is 0 Å². The van der Waals surface area contributed by atoms with Gasteiger partial charge in [-0.15, -0.1) is 0 Å². The molecule has 1 aliphatic heterocycles. The monoisotopic (exact) mass is 295 g/mol. The number of nitrogens with zero attached hydrogens (tertiary/aromatic N) is 3. The van der Waals surface area contributed by atoms with Crippen LogP contribution in [0.25, 0.3) is 0 Å². The number of hydrogen-bond acceptors (Lipinski definition) is 6. The number of ether oxygens (including phenoxy) is 1. The highest BCUT2D eigenvalue weighted by Crippen LogP contribution is 2.32. The third-order valence-electron chi connectivity index (χ3n) is 3.45. The largest absolute Gasteiger partial charge is 0.497 e. The zero-order chi connectivity index (χ0) is 15.4. The molecule has 1 N–H and O–H groups in total. The van der Waals surface area contributed by atoms with E-state index in [2.05, 4.69) is 0 Å². The summed E-state index contributed by atoms with van der Waals surface area (Å²) in [5, 5.41) is 19.9. The summed E-state index contributed by atoms with van der Waals surface area (Å²) in [4.78, 5) is 25.1. The fraction of sp³-hybridized carbons (Fsp3) is 0.462. The van der Waals surface area contributed by atoms with Crippen LogP contribution < -0.4 is 9.64 Å². The van der Waals surface area contributed by atoms with Gasteiger partial charge in [0.1, 0.15) is 11.4 Å². The van der Waals surface area contributed by atoms with Gasteiger partial charge in [-0.1, -0.05) is 0 Å². The average Bonchev–Trinajstić information content (AvgIpc) is 2.46. The molecule has 0 atom stereocenters. The van der Waals surface area contributed by atoms with Crippen LogP contribution in [0, 0.1) is 10.1 Å². The summed E-state index contributed by atoms with van der Waals surface area (Å²) in [6.07, 6.45) is 0. The second kappa shape index (κ2) is 6.40. The summed E-state index contributed by atoms with van der Waals surface area (Å²) >= 11 is 0. The SMILES string of the molecule is COc1ccc([N+](=O)[O-])c(N2CCN(CC(=O)O)CC2)c1. The number of rotatable bonds is 5. The number of benzene rings is 1. The van der Waals surface area contributed by atoms with Gasteiger partial charge in [-0.05, 0) is 6.07 Å². The fourth-order valence-corrected chi connectivity index (χ4v) is 2.38. The van der Waals surface area contributed by atoms with Crippen LogP contribution in [-0.4, -0.2) is 60.7 Å². The van der Waals surface area contributed by atoms with Gasteiger partial charge in [-0.3, -0.25) is 19.8 Å². The molecule has 0 bridgehead atoms. The number of piperazine rings is 1. The molecule has 0 saturated carbocycles. The first-order valence-electron chi connectivity index (χ1n) is 6.53. The zero-order valence-corrected chi connectivity index (χ0v) is 11.7. The Kier molecular flexibility index (Phi) is 4.59. The molecule has 0 amide bonds. The summed E-state index contributed by atoms with van der Waals surface area (Å²) in [6.45, 7) is 2.19. The minimum Gasteiger partial charge on any atom is -0.497 e. The van der Waals surface area contributed by atoms with E-state index in [9.17, 15) is 14.9 Å². The van der Waals surface area contributed by atoms with Crippen molar-refractivity contribution < 1.29 is 19.6 Å². The zero-order valence-electron chi connectivity index (χ0n) is 11.7. The molecule has 1 saturated heterocycles. The Morgan fingerprint density at radius 3 is 2.57 bits per heavy atom. The minimum atomic E-state index is -0.865. The smallest absolute Gasteiger partial charge is 0.317 e. The van der Waals surface area contributed by atoms with E-state index in [1.807, 2.05) is 9.80 Å². The van der Waals surface area contributed by atoms with Gasteiger partial charge in [0.15, 0.2) is 0 Å². The number of methoxy groups -OCH3 is 1. The molecule has 114 valence electrons. The Bertz CT molecular complexity index is 541. The Morgan fingerprint density at radius 1 is 1.38 bits per heavy atom. The lowest BCUT2D eigenvalue weighted by molar-refractivity contribution is -0.384. The number of carboxylic acids is 1. The van der Waals surface area contributed by atoms with Gasteiger partial charge in [-0.2, -0.15) is 0 Å². The summed E-state index contributed by atoms with van der Waals surface area (Å²) < 4.78 is 5.12. The standard InChI is InChI=1S/C13H17N3O5/c1-21-10-2-3-11(16(19)20)12(8-10)15-6-4-14(5-7-15)9-13(17)18/h2-3,8H,4-7,9H2,1H3,(H,17,18). The van der Waals surface area contributed by atoms with Crippen LogP contribution in [-0.2, 0) is 4.79 Å². The third kappa shape index (κ3) is 3.60. The van der Waals surface area contributed by atoms with Crippen molar-refractivity contribution in [1.82, 2.24) is 4.90 Å². The predicted octanol–water partition coefficient (Wildman–Crippen LogP) is 0.810. The van der Waals surface area contributed by atoms with Crippen molar-refractivity contribution >= 4 is 17.3 Å². The molecule has 0 radical (unpaired) electrons. The van der Waals surface area contributed by atoms with E-state index in [1.54, 1.807) is 12.1 Å². The van der Waals surface area contributed by atoms with E-state index in [1.165, 1.54) is 13.2 Å². The maximum absolute atomic E-state index is 11.1. The number of anilines is 1. The Hall–Kier alpha value is -2.35. The molecular formula is C13H17N3O5. The highest BCUT2D eigenvalue weighted by Gasteiger charge is 2.25. The van der Waals surface area contributed by atoms with Crippen LogP contribution in [0.2, 0.25) is 0 Å². The summed E-state index contributed by atoms with van der Waals surface area (Å²) in [5.41, 5.74) is 0.539. The molecule has 21 heavy (non-hydrogen) atoms. The molecule has 1 aromatic rings. The van der Waals surface area contributed by atoms with Crippen molar-refractivity contribution in [2.24, 2.45) is 0 Å². The van der Waals surface area contributed by atoms with Crippen LogP contribution in [0.3, 0.4) is 0 Å². The first kappa shape index (κ1) is 15.0. The van der Waals surface area contributed by atoms with Gasteiger partial charge < -0.3 is 14.7 Å². The third-order valence-corrected chi connectivity index (χ3v) is 3.45. The molecule has 0 spiro atoms. The lowest BCUT2D eigenvalue weighted by atomic mass is 10.2. The molecule has 8 nitrogen and oxygen atoms in total. The van der Waals surface area contributed by atoms with Crippen molar-refractivity contribution in [3.8, 4) is 5.75 Å². The normalized spacial score (nSPS) is 15.8. The topological polar surface area (TPSA) is 96.2 Å². The second-order valence-electron chi connectivity index (χ2n) is 4.77.